The number of nitrogens with one attached hydrogen (secondary N) is 1. The Bertz CT molecular complexity index is 1710. The van der Waals surface area contributed by atoms with Gasteiger partial charge in [-0.3, -0.25) is 0 Å². The van der Waals surface area contributed by atoms with Crippen LogP contribution in [0.15, 0.2) is 95.8 Å². The highest BCUT2D eigenvalue weighted by atomic mass is 32.1. The first-order valence-electron chi connectivity index (χ1n) is 18.6. The molecule has 5 rings (SSSR count). The largest absolute Gasteiger partial charge is 0.457 e. The van der Waals surface area contributed by atoms with E-state index in [4.69, 9.17) is 9.47 Å². The molecule has 0 radical (unpaired) electrons. The fraction of sp³-hybridized carbons (Fsp3) is 0.442. The molecule has 3 N–H and O–H groups in total. The zero-order chi connectivity index (χ0) is 38.9. The Labute approximate surface area is 327 Å². The molecule has 2 aliphatic heterocycles. The molecule has 9 nitrogen and oxygen atoms in total. The molecule has 0 amide bonds. The molecule has 4 bridgehead atoms. The Balaban J connectivity index is 1.35. The average Bonchev–Trinajstić information content (AvgIpc) is 3.93. The van der Waals surface area contributed by atoms with Gasteiger partial charge in [0.25, 0.3) is 0 Å². The van der Waals surface area contributed by atoms with Gasteiger partial charge in [0.1, 0.15) is 22.2 Å². The number of aliphatic hydroxyl groups is 2. The van der Waals surface area contributed by atoms with E-state index in [2.05, 4.69) is 45.7 Å². The van der Waals surface area contributed by atoms with E-state index in [-0.39, 0.29) is 23.5 Å². The molecule has 11 heteroatoms. The van der Waals surface area contributed by atoms with Crippen LogP contribution in [0.1, 0.15) is 91.8 Å². The molecule has 1 aliphatic carbocycles. The molecule has 54 heavy (non-hydrogen) atoms. The molecule has 2 aromatic heterocycles. The van der Waals surface area contributed by atoms with Gasteiger partial charge in [-0.2, -0.15) is 0 Å². The second-order valence-electron chi connectivity index (χ2n) is 15.1. The van der Waals surface area contributed by atoms with Gasteiger partial charge >= 0.3 is 11.9 Å². The Morgan fingerprint density at radius 2 is 1.19 bits per heavy atom. The Kier molecular flexibility index (Phi) is 14.1. The maximum Gasteiger partial charge on any atom is 0.358 e. The van der Waals surface area contributed by atoms with Crippen molar-refractivity contribution >= 4 is 46.8 Å². The van der Waals surface area contributed by atoms with Gasteiger partial charge < -0.3 is 25.0 Å². The summed E-state index contributed by atoms with van der Waals surface area (Å²) >= 11 is 2.73. The SMILES string of the molecule is C/C=C/[C@H](O)C(C)(C)[C@@H]1C/C=C\C2C[C@@H]2/C=C/C=C\c2nc(cs2)C(=O)O[C@H](C(C)(C)[C@@H](O)/C=C/C)C/C=C\[C@H]2N[C@H]2/C=C/C=C\c2nc(cs2)C(=O)O1. The van der Waals surface area contributed by atoms with Gasteiger partial charge in [-0.1, -0.05) is 113 Å². The van der Waals surface area contributed by atoms with Crippen LogP contribution in [0.2, 0.25) is 0 Å². The monoisotopic (exact) mass is 771 g/mol. The van der Waals surface area contributed by atoms with Gasteiger partial charge in [-0.05, 0) is 44.3 Å². The number of carbonyl (C=O) groups is 2. The van der Waals surface area contributed by atoms with Crippen LogP contribution in [0.3, 0.4) is 0 Å². The molecule has 3 aliphatic rings. The van der Waals surface area contributed by atoms with Crippen molar-refractivity contribution in [3.8, 4) is 0 Å². The molecule has 2 fully saturated rings. The van der Waals surface area contributed by atoms with Crippen molar-refractivity contribution in [2.24, 2.45) is 22.7 Å². The first-order valence-corrected chi connectivity index (χ1v) is 20.3. The summed E-state index contributed by atoms with van der Waals surface area (Å²) in [6.07, 6.45) is 30.1. The third-order valence-corrected chi connectivity index (χ3v) is 11.9. The number of thiazole rings is 2. The molecule has 1 saturated heterocycles. The summed E-state index contributed by atoms with van der Waals surface area (Å²) in [5, 5.41) is 30.0. The van der Waals surface area contributed by atoms with E-state index < -0.39 is 47.2 Å². The van der Waals surface area contributed by atoms with Crippen LogP contribution in [0.4, 0.5) is 0 Å². The summed E-state index contributed by atoms with van der Waals surface area (Å²) in [7, 11) is 0. The van der Waals surface area contributed by atoms with Crippen molar-refractivity contribution in [3.05, 3.63) is 117 Å². The zero-order valence-corrected chi connectivity index (χ0v) is 33.5. The van der Waals surface area contributed by atoms with Crippen molar-refractivity contribution in [1.82, 2.24) is 15.3 Å². The number of hydrogen-bond acceptors (Lipinski definition) is 11. The summed E-state index contributed by atoms with van der Waals surface area (Å²) < 4.78 is 12.1. The van der Waals surface area contributed by atoms with E-state index in [1.165, 1.54) is 22.7 Å². The lowest BCUT2D eigenvalue weighted by molar-refractivity contribution is -0.0461. The van der Waals surface area contributed by atoms with Crippen LogP contribution in [0.25, 0.3) is 12.2 Å². The predicted octanol–water partition coefficient (Wildman–Crippen LogP) is 8.30. The summed E-state index contributed by atoms with van der Waals surface area (Å²) in [6, 6.07) is 0.271. The highest BCUT2D eigenvalue weighted by Gasteiger charge is 2.40. The minimum absolute atomic E-state index is 0.127. The van der Waals surface area contributed by atoms with Gasteiger partial charge in [0, 0.05) is 46.5 Å². The van der Waals surface area contributed by atoms with E-state index >= 15 is 0 Å². The van der Waals surface area contributed by atoms with Gasteiger partial charge in [0.05, 0.1) is 12.2 Å². The number of fused-ring (bicyclic) bond motifs is 6. The molecule has 288 valence electrons. The molecule has 0 spiro atoms. The molecular weight excluding hydrogens is 719 g/mol. The van der Waals surface area contributed by atoms with Crippen molar-refractivity contribution in [2.45, 2.75) is 97.3 Å². The summed E-state index contributed by atoms with van der Waals surface area (Å²) in [5.74, 6) is -0.270. The van der Waals surface area contributed by atoms with Crippen LogP contribution >= 0.6 is 22.7 Å². The number of cyclic esters (lactones) is 2. The van der Waals surface area contributed by atoms with Crippen molar-refractivity contribution < 1.29 is 29.3 Å². The molecule has 1 saturated carbocycles. The molecule has 8 atom stereocenters. The summed E-state index contributed by atoms with van der Waals surface area (Å²) in [4.78, 5) is 35.6. The zero-order valence-electron chi connectivity index (χ0n) is 31.9. The number of ether oxygens (including phenoxy) is 2. The first kappa shape index (κ1) is 41.2. The minimum atomic E-state index is -0.814. The number of aliphatic hydroxyl groups excluding tert-OH is 2. The van der Waals surface area contributed by atoms with E-state index in [9.17, 15) is 19.8 Å². The molecular formula is C43H53N3O6S2. The first-order chi connectivity index (χ1) is 25.8. The number of aromatic nitrogens is 2. The van der Waals surface area contributed by atoms with E-state index in [0.29, 0.717) is 34.7 Å². The van der Waals surface area contributed by atoms with Crippen LogP contribution in [0.5, 0.6) is 0 Å². The fourth-order valence-electron chi connectivity index (χ4n) is 6.13. The van der Waals surface area contributed by atoms with Crippen LogP contribution in [-0.4, -0.2) is 68.6 Å². The highest BCUT2D eigenvalue weighted by molar-refractivity contribution is 7.11. The summed E-state index contributed by atoms with van der Waals surface area (Å²) in [6.45, 7) is 11.3. The smallest absolute Gasteiger partial charge is 0.358 e. The third-order valence-electron chi connectivity index (χ3n) is 10.3. The lowest BCUT2D eigenvalue weighted by atomic mass is 9.79. The van der Waals surface area contributed by atoms with Crippen LogP contribution < -0.4 is 5.32 Å². The number of esters is 2. The lowest BCUT2D eigenvalue weighted by Crippen LogP contribution is -2.42. The van der Waals surface area contributed by atoms with Gasteiger partial charge in [-0.25, -0.2) is 19.6 Å². The Morgan fingerprint density at radius 1 is 0.722 bits per heavy atom. The van der Waals surface area contributed by atoms with Crippen LogP contribution in [0, 0.1) is 22.7 Å². The van der Waals surface area contributed by atoms with Gasteiger partial charge in [-0.15, -0.1) is 22.7 Å². The third kappa shape index (κ3) is 11.0. The van der Waals surface area contributed by atoms with Gasteiger partial charge in [0.2, 0.25) is 0 Å². The normalized spacial score (nSPS) is 30.5. The molecule has 0 aromatic carbocycles. The Morgan fingerprint density at radius 3 is 1.70 bits per heavy atom. The predicted molar refractivity (Wildman–Crippen MR) is 218 cm³/mol. The maximum absolute atomic E-state index is 13.3. The topological polar surface area (TPSA) is 141 Å². The number of allylic oxidation sites excluding steroid dienone is 8. The number of rotatable bonds is 6. The molecule has 1 unspecified atom stereocenters. The number of hydrogen-bond donors (Lipinski definition) is 3. The number of nitrogens with zero attached hydrogens (tertiary/aromatic N) is 2. The van der Waals surface area contributed by atoms with E-state index in [0.717, 1.165) is 6.42 Å². The second kappa shape index (κ2) is 18.6. The Hall–Kier alpha value is -4.00. The van der Waals surface area contributed by atoms with Gasteiger partial charge in [0.15, 0.2) is 11.4 Å². The fourth-order valence-corrected chi connectivity index (χ4v) is 7.51. The second-order valence-corrected chi connectivity index (χ2v) is 16.9. The van der Waals surface area contributed by atoms with Crippen molar-refractivity contribution in [1.29, 1.82) is 0 Å². The minimum Gasteiger partial charge on any atom is -0.457 e. The molecule has 4 heterocycles. The van der Waals surface area contributed by atoms with E-state index in [1.54, 1.807) is 35.1 Å². The average molecular weight is 772 g/mol. The number of carbonyl (C=O) groups excluding carboxylic acids is 2. The maximum atomic E-state index is 13.3. The lowest BCUT2D eigenvalue weighted by Gasteiger charge is -2.36. The van der Waals surface area contributed by atoms with Crippen molar-refractivity contribution in [3.63, 3.8) is 0 Å². The quantitative estimate of drug-likeness (QED) is 0.150. The summed E-state index contributed by atoms with van der Waals surface area (Å²) in [5.41, 5.74) is -1.03. The highest BCUT2D eigenvalue weighted by Crippen LogP contribution is 2.41. The standard InChI is InChI=1S/C43H53N3O6S2/c1-7-15-34(47)42(3,4)36-21-13-18-29-25-28(29)17-9-11-23-38-45-33(26-53-38)41(50)52-37(43(5,6)35(48)16-8-2)22-14-20-31-30(44-31)19-10-12-24-39-46-32(27-54-39)40(49)51-36/h7-20,23-24,26-31,34-37,44,47-48H,21-22,25H2,1-6H3/b15-7+,16-8+,17-9+,18-13-,19-10+,20-14-,23-11-,24-12-/t28-,29?,30-,31+,34-,35-,36-,37-/m0/s1. The van der Waals surface area contributed by atoms with Crippen molar-refractivity contribution in [2.75, 3.05) is 0 Å². The molecule has 2 aromatic rings. The van der Waals surface area contributed by atoms with E-state index in [1.807, 2.05) is 84.1 Å². The van der Waals surface area contributed by atoms with Crippen LogP contribution in [-0.2, 0) is 9.47 Å².